The Morgan fingerprint density at radius 3 is 2.33 bits per heavy atom. The van der Waals surface area contributed by atoms with E-state index in [0.717, 1.165) is 5.56 Å². The van der Waals surface area contributed by atoms with E-state index in [1.54, 1.807) is 19.9 Å². The van der Waals surface area contributed by atoms with Crippen molar-refractivity contribution in [3.05, 3.63) is 23.3 Å². The predicted molar refractivity (Wildman–Crippen MR) is 85.8 cm³/mol. The molecule has 1 aromatic rings. The minimum Gasteiger partial charge on any atom is -0.397 e. The van der Waals surface area contributed by atoms with Gasteiger partial charge in [0.2, 0.25) is 10.0 Å². The first-order chi connectivity index (χ1) is 9.70. The highest BCUT2D eigenvalue weighted by molar-refractivity contribution is 7.89. The molecule has 0 heterocycles. The molecule has 0 aliphatic rings. The summed E-state index contributed by atoms with van der Waals surface area (Å²) in [6, 6.07) is 3.31. The Labute approximate surface area is 127 Å². The van der Waals surface area contributed by atoms with Gasteiger partial charge in [0.1, 0.15) is 4.90 Å². The molecule has 6 heteroatoms. The maximum absolute atomic E-state index is 12.7. The lowest BCUT2D eigenvalue weighted by atomic mass is 10.1. The van der Waals surface area contributed by atoms with E-state index in [0.29, 0.717) is 24.5 Å². The monoisotopic (exact) mass is 314 g/mol. The van der Waals surface area contributed by atoms with Crippen molar-refractivity contribution in [3.8, 4) is 0 Å². The molecule has 1 rings (SSSR count). The van der Waals surface area contributed by atoms with Crippen LogP contribution in [0, 0.1) is 19.8 Å². The number of rotatable bonds is 7. The van der Waals surface area contributed by atoms with E-state index in [1.807, 2.05) is 26.8 Å². The fraction of sp³-hybridized carbons (Fsp3) is 0.600. The highest BCUT2D eigenvalue weighted by Crippen LogP contribution is 2.26. The summed E-state index contributed by atoms with van der Waals surface area (Å²) in [6.45, 7) is 10.2. The first-order valence-corrected chi connectivity index (χ1v) is 8.64. The van der Waals surface area contributed by atoms with Gasteiger partial charge in [-0.05, 0) is 37.8 Å². The summed E-state index contributed by atoms with van der Waals surface area (Å²) in [7, 11) is -3.67. The van der Waals surface area contributed by atoms with Gasteiger partial charge in [0, 0.05) is 12.6 Å². The molecule has 120 valence electrons. The molecule has 21 heavy (non-hydrogen) atoms. The van der Waals surface area contributed by atoms with E-state index in [2.05, 4.69) is 4.72 Å². The van der Waals surface area contributed by atoms with E-state index in [1.165, 1.54) is 0 Å². The van der Waals surface area contributed by atoms with Gasteiger partial charge in [-0.25, -0.2) is 13.1 Å². The first-order valence-electron chi connectivity index (χ1n) is 7.16. The quantitative estimate of drug-likeness (QED) is 0.756. The third-order valence-electron chi connectivity index (χ3n) is 3.49. The molecule has 0 spiro atoms. The Hall–Kier alpha value is -1.11. The van der Waals surface area contributed by atoms with Crippen LogP contribution in [0.3, 0.4) is 0 Å². The van der Waals surface area contributed by atoms with Crippen molar-refractivity contribution in [2.45, 2.75) is 45.6 Å². The number of anilines is 1. The second-order valence-electron chi connectivity index (χ2n) is 5.57. The molecule has 1 atom stereocenters. The van der Waals surface area contributed by atoms with Crippen molar-refractivity contribution in [2.24, 2.45) is 5.92 Å². The minimum absolute atomic E-state index is 0.123. The zero-order valence-electron chi connectivity index (χ0n) is 13.4. The van der Waals surface area contributed by atoms with Crippen LogP contribution in [0.25, 0.3) is 0 Å². The topological polar surface area (TPSA) is 81.4 Å². The number of sulfonamides is 1. The van der Waals surface area contributed by atoms with Crippen molar-refractivity contribution in [1.29, 1.82) is 0 Å². The van der Waals surface area contributed by atoms with Gasteiger partial charge in [0.25, 0.3) is 0 Å². The standard InChI is InChI=1S/C15H26N2O3S/c1-6-20-9-13(10(2)3)17-21(18,19)15-12(5)8-7-11(4)14(15)16/h7-8,10,13,17H,6,9,16H2,1-5H3. The Balaban J connectivity index is 3.14. The molecule has 5 nitrogen and oxygen atoms in total. The van der Waals surface area contributed by atoms with Gasteiger partial charge in [-0.15, -0.1) is 0 Å². The van der Waals surface area contributed by atoms with Gasteiger partial charge >= 0.3 is 0 Å². The SMILES string of the molecule is CCOCC(NS(=O)(=O)c1c(C)ccc(C)c1N)C(C)C. The molecule has 3 N–H and O–H groups in total. The number of nitrogens with one attached hydrogen (secondary N) is 1. The number of aryl methyl sites for hydroxylation is 2. The van der Waals surface area contributed by atoms with Gasteiger partial charge in [-0.3, -0.25) is 0 Å². The summed E-state index contributed by atoms with van der Waals surface area (Å²) in [5.74, 6) is 0.123. The van der Waals surface area contributed by atoms with Gasteiger partial charge in [-0.2, -0.15) is 0 Å². The van der Waals surface area contributed by atoms with Crippen molar-refractivity contribution >= 4 is 15.7 Å². The van der Waals surface area contributed by atoms with Crippen LogP contribution in [0.15, 0.2) is 17.0 Å². The summed E-state index contributed by atoms with van der Waals surface area (Å²) in [4.78, 5) is 0.171. The summed E-state index contributed by atoms with van der Waals surface area (Å²) < 4.78 is 33.4. The smallest absolute Gasteiger partial charge is 0.243 e. The number of ether oxygens (including phenoxy) is 1. The molecule has 0 bridgehead atoms. The average Bonchev–Trinajstić information content (AvgIpc) is 2.38. The molecule has 0 aromatic heterocycles. The van der Waals surface area contributed by atoms with E-state index in [-0.39, 0.29) is 16.9 Å². The van der Waals surface area contributed by atoms with Gasteiger partial charge in [0.15, 0.2) is 0 Å². The second kappa shape index (κ2) is 7.24. The van der Waals surface area contributed by atoms with E-state index < -0.39 is 10.0 Å². The normalized spacial score (nSPS) is 13.6. The zero-order chi connectivity index (χ0) is 16.2. The fourth-order valence-electron chi connectivity index (χ4n) is 2.03. The fourth-order valence-corrected chi connectivity index (χ4v) is 3.83. The van der Waals surface area contributed by atoms with Crippen LogP contribution in [-0.2, 0) is 14.8 Å². The zero-order valence-corrected chi connectivity index (χ0v) is 14.3. The second-order valence-corrected chi connectivity index (χ2v) is 7.22. The Morgan fingerprint density at radius 1 is 1.24 bits per heavy atom. The third kappa shape index (κ3) is 4.43. The lowest BCUT2D eigenvalue weighted by Crippen LogP contribution is -2.42. The third-order valence-corrected chi connectivity index (χ3v) is 5.18. The highest BCUT2D eigenvalue weighted by atomic mass is 32.2. The molecule has 0 fully saturated rings. The van der Waals surface area contributed by atoms with E-state index in [4.69, 9.17) is 10.5 Å². The van der Waals surface area contributed by atoms with Crippen molar-refractivity contribution in [2.75, 3.05) is 18.9 Å². The Kier molecular flexibility index (Phi) is 6.19. The average molecular weight is 314 g/mol. The number of nitrogen functional groups attached to an aromatic ring is 1. The van der Waals surface area contributed by atoms with Gasteiger partial charge in [0.05, 0.1) is 12.3 Å². The maximum atomic E-state index is 12.7. The van der Waals surface area contributed by atoms with Gasteiger partial charge in [-0.1, -0.05) is 26.0 Å². The van der Waals surface area contributed by atoms with Gasteiger partial charge < -0.3 is 10.5 Å². The van der Waals surface area contributed by atoms with E-state index >= 15 is 0 Å². The highest BCUT2D eigenvalue weighted by Gasteiger charge is 2.26. The number of nitrogens with two attached hydrogens (primary N) is 1. The number of hydrogen-bond donors (Lipinski definition) is 2. The molecule has 0 amide bonds. The van der Waals surface area contributed by atoms with E-state index in [9.17, 15) is 8.42 Å². The van der Waals surface area contributed by atoms with Crippen molar-refractivity contribution in [3.63, 3.8) is 0 Å². The lowest BCUT2D eigenvalue weighted by Gasteiger charge is -2.23. The molecule has 0 saturated carbocycles. The number of benzene rings is 1. The summed E-state index contributed by atoms with van der Waals surface area (Å²) in [5.41, 5.74) is 7.68. The first kappa shape index (κ1) is 17.9. The lowest BCUT2D eigenvalue weighted by molar-refractivity contribution is 0.116. The summed E-state index contributed by atoms with van der Waals surface area (Å²) >= 11 is 0. The van der Waals surface area contributed by atoms with Crippen molar-refractivity contribution < 1.29 is 13.2 Å². The van der Waals surface area contributed by atoms with Crippen LogP contribution in [-0.4, -0.2) is 27.7 Å². The van der Waals surface area contributed by atoms with Crippen LogP contribution in [0.4, 0.5) is 5.69 Å². The maximum Gasteiger partial charge on any atom is 0.243 e. The summed E-state index contributed by atoms with van der Waals surface area (Å²) in [6.07, 6.45) is 0. The predicted octanol–water partition coefficient (Wildman–Crippen LogP) is 2.23. The Bertz CT molecular complexity index is 583. The molecule has 0 saturated heterocycles. The number of hydrogen-bond acceptors (Lipinski definition) is 4. The van der Waals surface area contributed by atoms with Crippen LogP contribution in [0.1, 0.15) is 31.9 Å². The molecule has 1 aromatic carbocycles. The molecule has 0 radical (unpaired) electrons. The Morgan fingerprint density at radius 2 is 1.81 bits per heavy atom. The summed E-state index contributed by atoms with van der Waals surface area (Å²) in [5, 5.41) is 0. The van der Waals surface area contributed by atoms with Crippen LogP contribution in [0.2, 0.25) is 0 Å². The van der Waals surface area contributed by atoms with Crippen LogP contribution in [0.5, 0.6) is 0 Å². The van der Waals surface area contributed by atoms with Crippen LogP contribution >= 0.6 is 0 Å². The minimum atomic E-state index is -3.67. The van der Waals surface area contributed by atoms with Crippen LogP contribution < -0.4 is 10.5 Å². The molecule has 0 aliphatic carbocycles. The molecular formula is C15H26N2O3S. The molecular weight excluding hydrogens is 288 g/mol. The molecule has 1 unspecified atom stereocenters. The van der Waals surface area contributed by atoms with Crippen molar-refractivity contribution in [1.82, 2.24) is 4.72 Å². The largest absolute Gasteiger partial charge is 0.397 e. The molecule has 0 aliphatic heterocycles.